The maximum atomic E-state index is 6.18. The Morgan fingerprint density at radius 2 is 1.95 bits per heavy atom. The molecule has 1 N–H and O–H groups in total. The van der Waals surface area contributed by atoms with E-state index in [1.165, 1.54) is 28.8 Å². The van der Waals surface area contributed by atoms with Crippen LogP contribution in [0.15, 0.2) is 48.5 Å². The van der Waals surface area contributed by atoms with Gasteiger partial charge in [-0.3, -0.25) is 0 Å². The SMILES string of the molecule is Cc1ccc2c(c1)C1OCCCC1[C@H](c1ccccc1)N2. The van der Waals surface area contributed by atoms with Gasteiger partial charge in [0.05, 0.1) is 12.1 Å². The lowest BCUT2D eigenvalue weighted by molar-refractivity contribution is -0.0381. The molecule has 0 bridgehead atoms. The van der Waals surface area contributed by atoms with Crippen molar-refractivity contribution in [2.24, 2.45) is 5.92 Å². The molecule has 0 aromatic heterocycles. The van der Waals surface area contributed by atoms with Gasteiger partial charge < -0.3 is 10.1 Å². The van der Waals surface area contributed by atoms with E-state index in [1.807, 2.05) is 0 Å². The predicted molar refractivity (Wildman–Crippen MR) is 85.4 cm³/mol. The number of rotatable bonds is 1. The van der Waals surface area contributed by atoms with Crippen molar-refractivity contribution >= 4 is 5.69 Å². The minimum absolute atomic E-state index is 0.236. The maximum absolute atomic E-state index is 6.18. The van der Waals surface area contributed by atoms with Crippen LogP contribution in [0.4, 0.5) is 5.69 Å². The van der Waals surface area contributed by atoms with Crippen molar-refractivity contribution in [3.63, 3.8) is 0 Å². The van der Waals surface area contributed by atoms with Gasteiger partial charge in [0.2, 0.25) is 0 Å². The fourth-order valence-electron chi connectivity index (χ4n) is 3.78. The molecule has 2 heteroatoms. The molecule has 0 radical (unpaired) electrons. The van der Waals surface area contributed by atoms with Crippen LogP contribution in [0.3, 0.4) is 0 Å². The van der Waals surface area contributed by atoms with Crippen LogP contribution in [0.25, 0.3) is 0 Å². The van der Waals surface area contributed by atoms with Gasteiger partial charge in [0.15, 0.2) is 0 Å². The normalized spacial score (nSPS) is 27.4. The van der Waals surface area contributed by atoms with Crippen molar-refractivity contribution in [3.05, 3.63) is 65.2 Å². The van der Waals surface area contributed by atoms with Crippen molar-refractivity contribution in [3.8, 4) is 0 Å². The zero-order valence-electron chi connectivity index (χ0n) is 12.4. The summed E-state index contributed by atoms with van der Waals surface area (Å²) in [6.45, 7) is 3.04. The zero-order chi connectivity index (χ0) is 14.2. The number of anilines is 1. The van der Waals surface area contributed by atoms with Crippen molar-refractivity contribution in [1.82, 2.24) is 0 Å². The zero-order valence-corrected chi connectivity index (χ0v) is 12.4. The first-order chi connectivity index (χ1) is 10.3. The van der Waals surface area contributed by atoms with Gasteiger partial charge in [-0.25, -0.2) is 0 Å². The van der Waals surface area contributed by atoms with Crippen molar-refractivity contribution in [2.45, 2.75) is 31.9 Å². The molecule has 2 aromatic carbocycles. The third-order valence-electron chi connectivity index (χ3n) is 4.78. The van der Waals surface area contributed by atoms with Crippen molar-refractivity contribution < 1.29 is 4.74 Å². The lowest BCUT2D eigenvalue weighted by atomic mass is 9.77. The fourth-order valence-corrected chi connectivity index (χ4v) is 3.78. The van der Waals surface area contributed by atoms with E-state index in [0.29, 0.717) is 12.0 Å². The molecule has 2 aromatic rings. The monoisotopic (exact) mass is 279 g/mol. The Kier molecular flexibility index (Phi) is 3.19. The predicted octanol–water partition coefficient (Wildman–Crippen LogP) is 4.63. The highest BCUT2D eigenvalue weighted by Gasteiger charge is 2.39. The number of aryl methyl sites for hydroxylation is 1. The second kappa shape index (κ2) is 5.19. The van der Waals surface area contributed by atoms with Gasteiger partial charge in [0.1, 0.15) is 0 Å². The molecule has 1 fully saturated rings. The van der Waals surface area contributed by atoms with E-state index in [9.17, 15) is 0 Å². The first-order valence-electron chi connectivity index (χ1n) is 7.86. The van der Waals surface area contributed by atoms with E-state index in [1.54, 1.807) is 0 Å². The molecule has 0 spiro atoms. The van der Waals surface area contributed by atoms with Crippen LogP contribution in [0.1, 0.15) is 41.7 Å². The van der Waals surface area contributed by atoms with E-state index in [0.717, 1.165) is 13.0 Å². The summed E-state index contributed by atoms with van der Waals surface area (Å²) in [5.41, 5.74) is 5.25. The number of hydrogen-bond donors (Lipinski definition) is 1. The smallest absolute Gasteiger partial charge is 0.0895 e. The molecule has 2 aliphatic rings. The summed E-state index contributed by atoms with van der Waals surface area (Å²) in [7, 11) is 0. The lowest BCUT2D eigenvalue weighted by Gasteiger charge is -2.43. The van der Waals surface area contributed by atoms with E-state index in [4.69, 9.17) is 4.74 Å². The average Bonchev–Trinajstić information content (AvgIpc) is 2.55. The highest BCUT2D eigenvalue weighted by molar-refractivity contribution is 5.58. The summed E-state index contributed by atoms with van der Waals surface area (Å²) in [5.74, 6) is 0.524. The Labute approximate surface area is 126 Å². The Morgan fingerprint density at radius 1 is 1.10 bits per heavy atom. The molecule has 21 heavy (non-hydrogen) atoms. The molecule has 2 nitrogen and oxygen atoms in total. The van der Waals surface area contributed by atoms with Crippen LogP contribution in [0.2, 0.25) is 0 Å². The van der Waals surface area contributed by atoms with E-state index < -0.39 is 0 Å². The molecule has 108 valence electrons. The van der Waals surface area contributed by atoms with E-state index in [-0.39, 0.29) is 6.10 Å². The van der Waals surface area contributed by atoms with Gasteiger partial charge in [0, 0.05) is 23.8 Å². The second-order valence-electron chi connectivity index (χ2n) is 6.22. The van der Waals surface area contributed by atoms with Crippen LogP contribution in [0.5, 0.6) is 0 Å². The summed E-state index contributed by atoms with van der Waals surface area (Å²) >= 11 is 0. The van der Waals surface area contributed by atoms with E-state index in [2.05, 4.69) is 60.8 Å². The number of nitrogens with one attached hydrogen (secondary N) is 1. The number of hydrogen-bond acceptors (Lipinski definition) is 2. The Bertz CT molecular complexity index is 637. The van der Waals surface area contributed by atoms with Crippen LogP contribution in [0, 0.1) is 12.8 Å². The summed E-state index contributed by atoms with van der Waals surface area (Å²) in [4.78, 5) is 0. The Morgan fingerprint density at radius 3 is 2.81 bits per heavy atom. The fraction of sp³-hybridized carbons (Fsp3) is 0.368. The van der Waals surface area contributed by atoms with Gasteiger partial charge in [-0.15, -0.1) is 0 Å². The third-order valence-corrected chi connectivity index (χ3v) is 4.78. The molecule has 0 amide bonds. The average molecular weight is 279 g/mol. The van der Waals surface area contributed by atoms with Gasteiger partial charge in [0.25, 0.3) is 0 Å². The van der Waals surface area contributed by atoms with Crippen LogP contribution < -0.4 is 5.32 Å². The van der Waals surface area contributed by atoms with Crippen molar-refractivity contribution in [2.75, 3.05) is 11.9 Å². The quantitative estimate of drug-likeness (QED) is 0.821. The molecular weight excluding hydrogens is 258 g/mol. The van der Waals surface area contributed by atoms with Gasteiger partial charge >= 0.3 is 0 Å². The van der Waals surface area contributed by atoms with Crippen LogP contribution in [-0.2, 0) is 4.74 Å². The molecule has 0 saturated carbocycles. The summed E-state index contributed by atoms with van der Waals surface area (Å²) in [6.07, 6.45) is 2.62. The standard InChI is InChI=1S/C19H21NO/c1-13-9-10-17-16(12-13)19-15(8-5-11-21-19)18(20-17)14-6-3-2-4-7-14/h2-4,6-7,9-10,12,15,18-20H,5,8,11H2,1H3/t15?,18-,19?/m0/s1. The number of benzene rings is 2. The molecule has 2 unspecified atom stereocenters. The molecule has 2 heterocycles. The number of fused-ring (bicyclic) bond motifs is 3. The summed E-state index contributed by atoms with van der Waals surface area (Å²) in [6, 6.07) is 17.8. The minimum atomic E-state index is 0.236. The molecule has 2 aliphatic heterocycles. The lowest BCUT2D eigenvalue weighted by Crippen LogP contribution is -2.36. The van der Waals surface area contributed by atoms with E-state index >= 15 is 0 Å². The molecule has 3 atom stereocenters. The number of ether oxygens (including phenoxy) is 1. The minimum Gasteiger partial charge on any atom is -0.378 e. The Hall–Kier alpha value is -1.80. The summed E-state index contributed by atoms with van der Waals surface area (Å²) < 4.78 is 6.18. The molecule has 4 rings (SSSR count). The first kappa shape index (κ1) is 12.9. The molecule has 1 saturated heterocycles. The highest BCUT2D eigenvalue weighted by atomic mass is 16.5. The Balaban J connectivity index is 1.79. The van der Waals surface area contributed by atoms with Crippen molar-refractivity contribution in [1.29, 1.82) is 0 Å². The maximum Gasteiger partial charge on any atom is 0.0895 e. The van der Waals surface area contributed by atoms with Crippen LogP contribution in [-0.4, -0.2) is 6.61 Å². The second-order valence-corrected chi connectivity index (χ2v) is 6.22. The van der Waals surface area contributed by atoms with Gasteiger partial charge in [-0.2, -0.15) is 0 Å². The largest absolute Gasteiger partial charge is 0.378 e. The van der Waals surface area contributed by atoms with Gasteiger partial charge in [-0.05, 0) is 31.4 Å². The van der Waals surface area contributed by atoms with Gasteiger partial charge in [-0.1, -0.05) is 48.0 Å². The third kappa shape index (κ3) is 2.24. The molecule has 0 aliphatic carbocycles. The summed E-state index contributed by atoms with van der Waals surface area (Å²) in [5, 5.41) is 3.76. The molecular formula is C19H21NO. The first-order valence-corrected chi connectivity index (χ1v) is 7.86. The topological polar surface area (TPSA) is 21.3 Å². The highest BCUT2D eigenvalue weighted by Crippen LogP contribution is 2.49. The van der Waals surface area contributed by atoms with Crippen LogP contribution >= 0.6 is 0 Å².